The molecule has 0 unspecified atom stereocenters. The van der Waals surface area contributed by atoms with E-state index in [-0.39, 0.29) is 6.61 Å². The van der Waals surface area contributed by atoms with E-state index in [9.17, 15) is 4.79 Å². The molecule has 10 heteroatoms. The van der Waals surface area contributed by atoms with Gasteiger partial charge in [0.2, 0.25) is 0 Å². The fourth-order valence-electron chi connectivity index (χ4n) is 4.94. The van der Waals surface area contributed by atoms with Crippen LogP contribution in [0.15, 0.2) is 54.9 Å². The highest BCUT2D eigenvalue weighted by molar-refractivity contribution is 7.22. The number of aromatic nitrogens is 2. The molecule has 1 aliphatic rings. The van der Waals surface area contributed by atoms with E-state index in [0.717, 1.165) is 65.0 Å². The lowest BCUT2D eigenvalue weighted by atomic mass is 10.0. The van der Waals surface area contributed by atoms with Gasteiger partial charge in [0.05, 0.1) is 30.0 Å². The highest BCUT2D eigenvalue weighted by Gasteiger charge is 2.22. The lowest BCUT2D eigenvalue weighted by molar-refractivity contribution is 0.104. The molecular weight excluding hydrogens is 528 g/mol. The SMILES string of the molecule is CCOC(=O)Oc1ccc2nc(NC3CCN(Cc4cc(OCC)c(-n5cccc5)c(OCC)c4)CC3)sc2c1. The summed E-state index contributed by atoms with van der Waals surface area (Å²) in [6.45, 7) is 10.0. The molecule has 1 fully saturated rings. The van der Waals surface area contributed by atoms with Gasteiger partial charge in [0.25, 0.3) is 0 Å². The van der Waals surface area contributed by atoms with Crippen molar-refractivity contribution in [2.45, 2.75) is 46.2 Å². The number of hydrogen-bond donors (Lipinski definition) is 1. The molecule has 4 aromatic rings. The van der Waals surface area contributed by atoms with Crippen molar-refractivity contribution >= 4 is 32.8 Å². The molecule has 0 bridgehead atoms. The number of carbonyl (C=O) groups excluding carboxylic acids is 1. The van der Waals surface area contributed by atoms with Crippen LogP contribution in [0.1, 0.15) is 39.2 Å². The third-order valence-corrected chi connectivity index (χ3v) is 7.66. The normalized spacial score (nSPS) is 14.3. The van der Waals surface area contributed by atoms with Gasteiger partial charge < -0.3 is 28.8 Å². The van der Waals surface area contributed by atoms with Gasteiger partial charge in [-0.05, 0) is 75.6 Å². The lowest BCUT2D eigenvalue weighted by Gasteiger charge is -2.32. The van der Waals surface area contributed by atoms with Gasteiger partial charge in [0.1, 0.15) is 22.9 Å². The molecule has 0 aliphatic carbocycles. The molecule has 40 heavy (non-hydrogen) atoms. The summed E-state index contributed by atoms with van der Waals surface area (Å²) in [5.74, 6) is 2.13. The first-order valence-corrected chi connectivity index (χ1v) is 14.7. The Kier molecular flexibility index (Phi) is 9.08. The zero-order valence-corrected chi connectivity index (χ0v) is 24.0. The van der Waals surface area contributed by atoms with Crippen molar-refractivity contribution < 1.29 is 23.7 Å². The van der Waals surface area contributed by atoms with Crippen LogP contribution in [-0.4, -0.2) is 59.6 Å². The number of anilines is 1. The van der Waals surface area contributed by atoms with Crippen LogP contribution in [0.3, 0.4) is 0 Å². The van der Waals surface area contributed by atoms with Gasteiger partial charge in [-0.2, -0.15) is 0 Å². The third kappa shape index (κ3) is 6.68. The number of piperidine rings is 1. The van der Waals surface area contributed by atoms with E-state index in [1.165, 1.54) is 5.56 Å². The Morgan fingerprint density at radius 1 is 1.00 bits per heavy atom. The highest BCUT2D eigenvalue weighted by Crippen LogP contribution is 2.36. The monoisotopic (exact) mass is 564 g/mol. The van der Waals surface area contributed by atoms with Crippen LogP contribution in [0.25, 0.3) is 15.9 Å². The van der Waals surface area contributed by atoms with Crippen molar-refractivity contribution in [1.82, 2.24) is 14.5 Å². The molecule has 5 rings (SSSR count). The lowest BCUT2D eigenvalue weighted by Crippen LogP contribution is -2.38. The van der Waals surface area contributed by atoms with E-state index < -0.39 is 6.16 Å². The van der Waals surface area contributed by atoms with Gasteiger partial charge in [-0.3, -0.25) is 4.90 Å². The number of nitrogens with one attached hydrogen (secondary N) is 1. The quantitative estimate of drug-likeness (QED) is 0.163. The second kappa shape index (κ2) is 13.1. The average molecular weight is 565 g/mol. The molecule has 0 amide bonds. The first-order chi connectivity index (χ1) is 19.6. The standard InChI is InChI=1S/C30H36N4O5S/c1-4-36-25-17-21(18-26(37-5-2)28(25)34-13-7-8-14-34)20-33-15-11-22(12-16-33)31-29-32-24-10-9-23(19-27(24)40-29)39-30(35)38-6-3/h7-10,13-14,17-19,22H,4-6,11-12,15-16,20H2,1-3H3,(H,31,32). The summed E-state index contributed by atoms with van der Waals surface area (Å²) in [5.41, 5.74) is 3.00. The molecule has 1 aliphatic heterocycles. The van der Waals surface area contributed by atoms with Crippen LogP contribution in [0, 0.1) is 0 Å². The Morgan fingerprint density at radius 3 is 2.35 bits per heavy atom. The molecule has 0 spiro atoms. The summed E-state index contributed by atoms with van der Waals surface area (Å²) in [6.07, 6.45) is 5.37. The molecule has 2 aromatic heterocycles. The van der Waals surface area contributed by atoms with Crippen LogP contribution >= 0.6 is 11.3 Å². The van der Waals surface area contributed by atoms with E-state index in [2.05, 4.69) is 22.3 Å². The second-order valence-electron chi connectivity index (χ2n) is 9.53. The summed E-state index contributed by atoms with van der Waals surface area (Å²) in [5, 5.41) is 4.50. The van der Waals surface area contributed by atoms with E-state index in [1.54, 1.807) is 24.3 Å². The second-order valence-corrected chi connectivity index (χ2v) is 10.6. The van der Waals surface area contributed by atoms with E-state index in [4.69, 9.17) is 23.9 Å². The zero-order chi connectivity index (χ0) is 27.9. The van der Waals surface area contributed by atoms with Gasteiger partial charge in [0.15, 0.2) is 5.13 Å². The topological polar surface area (TPSA) is 87.1 Å². The van der Waals surface area contributed by atoms with Crippen molar-refractivity contribution in [3.63, 3.8) is 0 Å². The number of benzene rings is 2. The van der Waals surface area contributed by atoms with Crippen LogP contribution < -0.4 is 19.5 Å². The molecule has 2 aromatic carbocycles. The van der Waals surface area contributed by atoms with Crippen molar-refractivity contribution in [3.05, 3.63) is 60.4 Å². The zero-order valence-electron chi connectivity index (χ0n) is 23.2. The fraction of sp³-hybridized carbons (Fsp3) is 0.400. The van der Waals surface area contributed by atoms with Crippen molar-refractivity contribution in [2.75, 3.05) is 38.2 Å². The van der Waals surface area contributed by atoms with Crippen molar-refractivity contribution in [2.24, 2.45) is 0 Å². The van der Waals surface area contributed by atoms with Crippen LogP contribution in [0.5, 0.6) is 17.2 Å². The van der Waals surface area contributed by atoms with Gasteiger partial charge in [-0.15, -0.1) is 0 Å². The third-order valence-electron chi connectivity index (χ3n) is 6.71. The number of rotatable bonds is 11. The number of ether oxygens (including phenoxy) is 4. The van der Waals surface area contributed by atoms with E-state index >= 15 is 0 Å². The maximum Gasteiger partial charge on any atom is 0.513 e. The Bertz CT molecular complexity index is 1390. The molecule has 0 atom stereocenters. The predicted molar refractivity (Wildman–Crippen MR) is 157 cm³/mol. The van der Waals surface area contributed by atoms with Gasteiger partial charge in [0, 0.05) is 44.1 Å². The van der Waals surface area contributed by atoms with Gasteiger partial charge in [-0.1, -0.05) is 11.3 Å². The number of fused-ring (bicyclic) bond motifs is 1. The van der Waals surface area contributed by atoms with E-state index in [1.807, 2.05) is 55.1 Å². The van der Waals surface area contributed by atoms with Crippen LogP contribution in [0.2, 0.25) is 0 Å². The number of nitrogens with zero attached hydrogens (tertiary/aromatic N) is 3. The number of likely N-dealkylation sites (tertiary alicyclic amines) is 1. The molecule has 3 heterocycles. The van der Waals surface area contributed by atoms with Crippen LogP contribution in [0.4, 0.5) is 9.93 Å². The minimum Gasteiger partial charge on any atom is -0.492 e. The Morgan fingerprint density at radius 2 is 1.70 bits per heavy atom. The maximum atomic E-state index is 11.6. The summed E-state index contributed by atoms with van der Waals surface area (Å²) in [4.78, 5) is 18.8. The Balaban J connectivity index is 1.21. The maximum absolute atomic E-state index is 11.6. The van der Waals surface area contributed by atoms with Gasteiger partial charge in [-0.25, -0.2) is 9.78 Å². The number of hydrogen-bond acceptors (Lipinski definition) is 9. The summed E-state index contributed by atoms with van der Waals surface area (Å²) >= 11 is 1.56. The summed E-state index contributed by atoms with van der Waals surface area (Å²) in [7, 11) is 0. The largest absolute Gasteiger partial charge is 0.513 e. The minimum atomic E-state index is -0.698. The summed E-state index contributed by atoms with van der Waals surface area (Å²) < 4.78 is 25.2. The first kappa shape index (κ1) is 27.8. The molecule has 1 N–H and O–H groups in total. The van der Waals surface area contributed by atoms with Crippen molar-refractivity contribution in [3.8, 4) is 22.9 Å². The number of carbonyl (C=O) groups is 1. The molecule has 0 radical (unpaired) electrons. The van der Waals surface area contributed by atoms with Gasteiger partial charge >= 0.3 is 6.16 Å². The Hall–Kier alpha value is -3.76. The fourth-order valence-corrected chi connectivity index (χ4v) is 5.91. The van der Waals surface area contributed by atoms with Crippen LogP contribution in [-0.2, 0) is 11.3 Å². The number of thiazole rings is 1. The molecule has 9 nitrogen and oxygen atoms in total. The average Bonchev–Trinajstić information content (AvgIpc) is 3.60. The highest BCUT2D eigenvalue weighted by atomic mass is 32.1. The molecule has 212 valence electrons. The van der Waals surface area contributed by atoms with Crippen molar-refractivity contribution in [1.29, 1.82) is 0 Å². The predicted octanol–water partition coefficient (Wildman–Crippen LogP) is 6.50. The molecular formula is C30H36N4O5S. The molecule has 0 saturated carbocycles. The minimum absolute atomic E-state index is 0.276. The first-order valence-electron chi connectivity index (χ1n) is 13.9. The molecule has 1 saturated heterocycles. The summed E-state index contributed by atoms with van der Waals surface area (Å²) in [6, 6.07) is 14.1. The Labute approximate surface area is 238 Å². The van der Waals surface area contributed by atoms with E-state index in [0.29, 0.717) is 25.0 Å². The smallest absolute Gasteiger partial charge is 0.492 e.